The minimum atomic E-state index is -1.24. The highest BCUT2D eigenvalue weighted by Gasteiger charge is 2.32. The average Bonchev–Trinajstić information content (AvgIpc) is 3.12. The van der Waals surface area contributed by atoms with Crippen molar-refractivity contribution in [3.63, 3.8) is 0 Å². The third-order valence-electron chi connectivity index (χ3n) is 4.39. The predicted octanol–water partition coefficient (Wildman–Crippen LogP) is -2.17. The minimum absolute atomic E-state index is 0.369. The van der Waals surface area contributed by atoms with Crippen LogP contribution in [0.5, 0.6) is 0 Å². The number of nitrogens with one attached hydrogen (secondary N) is 4. The molecule has 0 aliphatic carbocycles. The molecule has 1 saturated heterocycles. The molecule has 1 aliphatic heterocycles. The fourth-order valence-electron chi connectivity index (χ4n) is 2.74. The van der Waals surface area contributed by atoms with Gasteiger partial charge in [-0.2, -0.15) is 0 Å². The number of nitrogens with two attached hydrogens (primary N) is 1. The Labute approximate surface area is 163 Å². The molecular formula is C17H29N5O6. The van der Waals surface area contributed by atoms with Gasteiger partial charge in [-0.25, -0.2) is 0 Å². The molecule has 0 aromatic heterocycles. The van der Waals surface area contributed by atoms with Gasteiger partial charge in [-0.3, -0.25) is 24.0 Å². The Balaban J connectivity index is 2.83. The van der Waals surface area contributed by atoms with Crippen molar-refractivity contribution >= 4 is 29.6 Å². The standard InChI is InChI=1S/C17H29N5O6/c1-8(2)13(16(26)20-9(3)17(27)28)22-15(25)11(7-12(18)23)21-14(24)10-5-4-6-19-10/h8-11,13,19H,4-7H2,1-3H3,(H2,18,23)(H,20,26)(H,21,24)(H,22,25)(H,27,28). The second-order valence-electron chi connectivity index (χ2n) is 7.18. The highest BCUT2D eigenvalue weighted by molar-refractivity contribution is 5.96. The van der Waals surface area contributed by atoms with Gasteiger partial charge < -0.3 is 32.1 Å². The Morgan fingerprint density at radius 2 is 1.71 bits per heavy atom. The van der Waals surface area contributed by atoms with Gasteiger partial charge in [-0.05, 0) is 32.2 Å². The van der Waals surface area contributed by atoms with Gasteiger partial charge in [-0.1, -0.05) is 13.8 Å². The van der Waals surface area contributed by atoms with Crippen LogP contribution in [-0.4, -0.2) is 65.4 Å². The Kier molecular flexibility index (Phi) is 8.83. The van der Waals surface area contributed by atoms with Crippen molar-refractivity contribution in [2.24, 2.45) is 11.7 Å². The van der Waals surface area contributed by atoms with Gasteiger partial charge in [0.15, 0.2) is 0 Å². The molecule has 158 valence electrons. The summed E-state index contributed by atoms with van der Waals surface area (Å²) < 4.78 is 0. The van der Waals surface area contributed by atoms with Gasteiger partial charge in [0.05, 0.1) is 12.5 Å². The van der Waals surface area contributed by atoms with Crippen molar-refractivity contribution in [3.8, 4) is 0 Å². The summed E-state index contributed by atoms with van der Waals surface area (Å²) in [7, 11) is 0. The first-order chi connectivity index (χ1) is 13.0. The molecule has 1 rings (SSSR count). The third kappa shape index (κ3) is 7.14. The van der Waals surface area contributed by atoms with E-state index in [1.165, 1.54) is 6.92 Å². The van der Waals surface area contributed by atoms with E-state index in [0.29, 0.717) is 13.0 Å². The summed E-state index contributed by atoms with van der Waals surface area (Å²) >= 11 is 0. The van der Waals surface area contributed by atoms with E-state index in [0.717, 1.165) is 6.42 Å². The van der Waals surface area contributed by atoms with Gasteiger partial charge in [0.1, 0.15) is 18.1 Å². The number of rotatable bonds is 10. The van der Waals surface area contributed by atoms with Crippen LogP contribution in [0, 0.1) is 5.92 Å². The molecule has 11 nitrogen and oxygen atoms in total. The molecule has 1 aliphatic rings. The first-order valence-corrected chi connectivity index (χ1v) is 9.18. The predicted molar refractivity (Wildman–Crippen MR) is 98.8 cm³/mol. The lowest BCUT2D eigenvalue weighted by molar-refractivity contribution is -0.142. The van der Waals surface area contributed by atoms with Crippen molar-refractivity contribution in [2.45, 2.75) is 64.2 Å². The fourth-order valence-corrected chi connectivity index (χ4v) is 2.74. The first-order valence-electron chi connectivity index (χ1n) is 9.18. The third-order valence-corrected chi connectivity index (χ3v) is 4.39. The molecule has 0 bridgehead atoms. The summed E-state index contributed by atoms with van der Waals surface area (Å²) in [6, 6.07) is -3.88. The zero-order valence-corrected chi connectivity index (χ0v) is 16.3. The number of primary amides is 1. The minimum Gasteiger partial charge on any atom is -0.480 e. The van der Waals surface area contributed by atoms with E-state index in [1.807, 2.05) is 0 Å². The summed E-state index contributed by atoms with van der Waals surface area (Å²) in [5, 5.41) is 19.2. The van der Waals surface area contributed by atoms with E-state index in [4.69, 9.17) is 10.8 Å². The maximum atomic E-state index is 12.6. The number of hydrogen-bond donors (Lipinski definition) is 6. The molecule has 0 spiro atoms. The van der Waals surface area contributed by atoms with Crippen LogP contribution in [0.15, 0.2) is 0 Å². The SMILES string of the molecule is CC(NC(=O)C(NC(=O)C(CC(N)=O)NC(=O)C1CCCN1)C(C)C)C(=O)O. The molecule has 11 heteroatoms. The number of carboxylic acids is 1. The van der Waals surface area contributed by atoms with Gasteiger partial charge >= 0.3 is 5.97 Å². The second-order valence-corrected chi connectivity index (χ2v) is 7.18. The zero-order chi connectivity index (χ0) is 21.4. The highest BCUT2D eigenvalue weighted by atomic mass is 16.4. The van der Waals surface area contributed by atoms with Crippen LogP contribution in [0.25, 0.3) is 0 Å². The molecule has 0 saturated carbocycles. The maximum Gasteiger partial charge on any atom is 0.325 e. The molecule has 0 radical (unpaired) electrons. The molecule has 0 aromatic carbocycles. The van der Waals surface area contributed by atoms with Gasteiger partial charge in [-0.15, -0.1) is 0 Å². The van der Waals surface area contributed by atoms with E-state index in [2.05, 4.69) is 21.3 Å². The Morgan fingerprint density at radius 3 is 2.18 bits per heavy atom. The van der Waals surface area contributed by atoms with E-state index < -0.39 is 60.2 Å². The van der Waals surface area contributed by atoms with E-state index in [9.17, 15) is 24.0 Å². The van der Waals surface area contributed by atoms with Crippen molar-refractivity contribution in [1.29, 1.82) is 0 Å². The number of carbonyl (C=O) groups excluding carboxylic acids is 4. The number of carbonyl (C=O) groups is 5. The van der Waals surface area contributed by atoms with Crippen LogP contribution in [0.4, 0.5) is 0 Å². The smallest absolute Gasteiger partial charge is 0.325 e. The van der Waals surface area contributed by atoms with Crippen LogP contribution in [0.1, 0.15) is 40.0 Å². The van der Waals surface area contributed by atoms with E-state index >= 15 is 0 Å². The number of hydrogen-bond acceptors (Lipinski definition) is 6. The molecule has 28 heavy (non-hydrogen) atoms. The lowest BCUT2D eigenvalue weighted by Crippen LogP contribution is -2.58. The fraction of sp³-hybridized carbons (Fsp3) is 0.706. The molecule has 1 heterocycles. The van der Waals surface area contributed by atoms with Gasteiger partial charge in [0.2, 0.25) is 23.6 Å². The van der Waals surface area contributed by atoms with Crippen LogP contribution >= 0.6 is 0 Å². The van der Waals surface area contributed by atoms with Crippen LogP contribution in [-0.2, 0) is 24.0 Å². The number of carboxylic acid groups (broad SMARTS) is 1. The summed E-state index contributed by atoms with van der Waals surface area (Å²) in [4.78, 5) is 59.5. The molecule has 7 N–H and O–H groups in total. The summed E-state index contributed by atoms with van der Waals surface area (Å²) in [5.74, 6) is -4.23. The quantitative estimate of drug-likeness (QED) is 0.242. The summed E-state index contributed by atoms with van der Waals surface area (Å²) in [6.07, 6.45) is 1.01. The van der Waals surface area contributed by atoms with Gasteiger partial charge in [0.25, 0.3) is 0 Å². The maximum absolute atomic E-state index is 12.6. The summed E-state index contributed by atoms with van der Waals surface area (Å²) in [6.45, 7) is 5.31. The molecular weight excluding hydrogens is 370 g/mol. The van der Waals surface area contributed by atoms with Crippen LogP contribution in [0.2, 0.25) is 0 Å². The Bertz CT molecular complexity index is 617. The normalized spacial score (nSPS) is 19.4. The molecule has 4 atom stereocenters. The zero-order valence-electron chi connectivity index (χ0n) is 16.3. The summed E-state index contributed by atoms with van der Waals surface area (Å²) in [5.41, 5.74) is 5.18. The molecule has 1 fully saturated rings. The van der Waals surface area contributed by atoms with Gasteiger partial charge in [0, 0.05) is 0 Å². The Hall–Kier alpha value is -2.69. The monoisotopic (exact) mass is 399 g/mol. The van der Waals surface area contributed by atoms with E-state index in [1.54, 1.807) is 13.8 Å². The molecule has 4 unspecified atom stereocenters. The number of aliphatic carboxylic acids is 1. The lowest BCUT2D eigenvalue weighted by atomic mass is 10.0. The molecule has 0 aromatic rings. The largest absolute Gasteiger partial charge is 0.480 e. The molecule has 4 amide bonds. The van der Waals surface area contributed by atoms with Crippen LogP contribution < -0.4 is 27.0 Å². The van der Waals surface area contributed by atoms with Crippen molar-refractivity contribution in [3.05, 3.63) is 0 Å². The first kappa shape index (κ1) is 23.3. The highest BCUT2D eigenvalue weighted by Crippen LogP contribution is 2.07. The number of amides is 4. The van der Waals surface area contributed by atoms with Crippen molar-refractivity contribution in [1.82, 2.24) is 21.3 Å². The van der Waals surface area contributed by atoms with Crippen molar-refractivity contribution in [2.75, 3.05) is 6.54 Å². The second kappa shape index (κ2) is 10.6. The lowest BCUT2D eigenvalue weighted by Gasteiger charge is -2.26. The van der Waals surface area contributed by atoms with Crippen molar-refractivity contribution < 1.29 is 29.1 Å². The van der Waals surface area contributed by atoms with Crippen LogP contribution in [0.3, 0.4) is 0 Å². The average molecular weight is 399 g/mol. The Morgan fingerprint density at radius 1 is 1.07 bits per heavy atom. The topological polar surface area (TPSA) is 180 Å². The van der Waals surface area contributed by atoms with E-state index in [-0.39, 0.29) is 5.92 Å².